The highest BCUT2D eigenvalue weighted by atomic mass is 32.2. The van der Waals surface area contributed by atoms with Gasteiger partial charge in [-0.05, 0) is 25.3 Å². The molecule has 0 N–H and O–H groups in total. The quantitative estimate of drug-likeness (QED) is 0.847. The molecule has 0 aliphatic carbocycles. The van der Waals surface area contributed by atoms with Crippen LogP contribution in [0, 0.1) is 0 Å². The molecule has 6 heteroatoms. The van der Waals surface area contributed by atoms with Crippen LogP contribution in [0.3, 0.4) is 0 Å². The van der Waals surface area contributed by atoms with E-state index in [0.717, 1.165) is 25.9 Å². The number of hydrogen-bond acceptors (Lipinski definition) is 3. The third kappa shape index (κ3) is 3.20. The minimum atomic E-state index is -3.24. The molecular weight excluding hydrogens is 298 g/mol. The highest BCUT2D eigenvalue weighted by molar-refractivity contribution is 7.86. The summed E-state index contributed by atoms with van der Waals surface area (Å²) in [5.41, 5.74) is 1.29. The van der Waals surface area contributed by atoms with Crippen molar-refractivity contribution in [1.82, 2.24) is 13.5 Å². The number of rotatable bonds is 4. The highest BCUT2D eigenvalue weighted by Gasteiger charge is 2.34. The Kier molecular flexibility index (Phi) is 4.82. The minimum absolute atomic E-state index is 0.331. The van der Waals surface area contributed by atoms with Crippen molar-refractivity contribution in [2.45, 2.75) is 25.8 Å². The Balaban J connectivity index is 1.60. The van der Waals surface area contributed by atoms with E-state index in [4.69, 9.17) is 0 Å². The maximum atomic E-state index is 12.6. The summed E-state index contributed by atoms with van der Waals surface area (Å²) in [4.78, 5) is 2.37. The predicted octanol–water partition coefficient (Wildman–Crippen LogP) is 1.71. The Labute approximate surface area is 133 Å². The number of hydrogen-bond donors (Lipinski definition) is 0. The first-order valence-electron chi connectivity index (χ1n) is 8.13. The summed E-state index contributed by atoms with van der Waals surface area (Å²) in [6.07, 6.45) is 1.98. The molecular formula is C16H25N3O2S. The van der Waals surface area contributed by atoms with Crippen LogP contribution in [-0.4, -0.2) is 61.2 Å². The van der Waals surface area contributed by atoms with Gasteiger partial charge in [-0.1, -0.05) is 30.3 Å². The Hall–Kier alpha value is -0.950. The van der Waals surface area contributed by atoms with Gasteiger partial charge in [0.1, 0.15) is 0 Å². The molecule has 2 heterocycles. The molecule has 1 aromatic rings. The number of nitrogens with zero attached hydrogens (tertiary/aromatic N) is 3. The monoisotopic (exact) mass is 323 g/mol. The van der Waals surface area contributed by atoms with E-state index in [1.165, 1.54) is 5.56 Å². The molecule has 2 aliphatic heterocycles. The lowest BCUT2D eigenvalue weighted by atomic mass is 10.1. The van der Waals surface area contributed by atoms with Crippen LogP contribution < -0.4 is 0 Å². The summed E-state index contributed by atoms with van der Waals surface area (Å²) in [6.45, 7) is 6.34. The number of piperazine rings is 1. The van der Waals surface area contributed by atoms with Crippen molar-refractivity contribution in [3.05, 3.63) is 35.9 Å². The van der Waals surface area contributed by atoms with Gasteiger partial charge in [-0.25, -0.2) is 0 Å². The van der Waals surface area contributed by atoms with E-state index >= 15 is 0 Å². The van der Waals surface area contributed by atoms with Gasteiger partial charge in [0.15, 0.2) is 0 Å². The van der Waals surface area contributed by atoms with Crippen LogP contribution in [0.2, 0.25) is 0 Å². The summed E-state index contributed by atoms with van der Waals surface area (Å²) in [5.74, 6) is 0. The Morgan fingerprint density at radius 3 is 2.00 bits per heavy atom. The van der Waals surface area contributed by atoms with Gasteiger partial charge in [-0.3, -0.25) is 4.90 Å². The Morgan fingerprint density at radius 2 is 1.41 bits per heavy atom. The van der Waals surface area contributed by atoms with Crippen molar-refractivity contribution in [3.63, 3.8) is 0 Å². The largest absolute Gasteiger partial charge is 0.294 e. The molecule has 0 radical (unpaired) electrons. The van der Waals surface area contributed by atoms with Gasteiger partial charge in [0.25, 0.3) is 10.2 Å². The molecule has 0 unspecified atom stereocenters. The second-order valence-corrected chi connectivity index (χ2v) is 8.06. The first-order chi connectivity index (χ1) is 10.6. The average molecular weight is 323 g/mol. The topological polar surface area (TPSA) is 43.9 Å². The number of benzene rings is 1. The zero-order chi connectivity index (χ0) is 15.6. The molecule has 5 nitrogen and oxygen atoms in total. The van der Waals surface area contributed by atoms with Gasteiger partial charge in [-0.15, -0.1) is 0 Å². The zero-order valence-corrected chi connectivity index (χ0v) is 14.0. The fourth-order valence-electron chi connectivity index (χ4n) is 3.35. The molecule has 1 atom stereocenters. The van der Waals surface area contributed by atoms with Crippen LogP contribution in [0.4, 0.5) is 0 Å². The van der Waals surface area contributed by atoms with Gasteiger partial charge in [0.05, 0.1) is 0 Å². The van der Waals surface area contributed by atoms with Crippen LogP contribution in [-0.2, 0) is 10.2 Å². The van der Waals surface area contributed by atoms with Gasteiger partial charge >= 0.3 is 0 Å². The lowest BCUT2D eigenvalue weighted by Gasteiger charge is -2.38. The smallest absolute Gasteiger partial charge is 0.282 e. The summed E-state index contributed by atoms with van der Waals surface area (Å²) < 4.78 is 28.4. The first kappa shape index (κ1) is 15.9. The van der Waals surface area contributed by atoms with Gasteiger partial charge in [0.2, 0.25) is 0 Å². The third-order valence-corrected chi connectivity index (χ3v) is 6.86. The summed E-state index contributed by atoms with van der Waals surface area (Å²) >= 11 is 0. The summed E-state index contributed by atoms with van der Waals surface area (Å²) in [6, 6.07) is 10.7. The molecule has 0 aromatic heterocycles. The zero-order valence-electron chi connectivity index (χ0n) is 13.2. The Bertz CT molecular complexity index is 577. The van der Waals surface area contributed by atoms with E-state index in [-0.39, 0.29) is 0 Å². The molecule has 2 saturated heterocycles. The maximum absolute atomic E-state index is 12.6. The lowest BCUT2D eigenvalue weighted by molar-refractivity contribution is 0.142. The molecule has 0 spiro atoms. The molecule has 2 aliphatic rings. The van der Waals surface area contributed by atoms with Gasteiger partial charge in [-0.2, -0.15) is 17.0 Å². The first-order valence-corrected chi connectivity index (χ1v) is 9.53. The van der Waals surface area contributed by atoms with E-state index in [1.807, 2.05) is 6.07 Å². The Morgan fingerprint density at radius 1 is 0.864 bits per heavy atom. The summed E-state index contributed by atoms with van der Waals surface area (Å²) in [7, 11) is -3.24. The van der Waals surface area contributed by atoms with Crippen molar-refractivity contribution in [1.29, 1.82) is 0 Å². The van der Waals surface area contributed by atoms with Crippen LogP contribution in [0.15, 0.2) is 30.3 Å². The highest BCUT2D eigenvalue weighted by Crippen LogP contribution is 2.23. The average Bonchev–Trinajstić information content (AvgIpc) is 3.10. The molecule has 22 heavy (non-hydrogen) atoms. The van der Waals surface area contributed by atoms with Crippen molar-refractivity contribution in [3.8, 4) is 0 Å². The standard InChI is InChI=1S/C16H25N3O2S/c1-15(16-7-3-2-4-8-16)17-11-13-19(14-12-17)22(20,21)18-9-5-6-10-18/h2-4,7-8,15H,5-6,9-14H2,1H3/t15-/m0/s1. The molecule has 2 fully saturated rings. The van der Waals surface area contributed by atoms with Gasteiger partial charge < -0.3 is 0 Å². The molecule has 1 aromatic carbocycles. The van der Waals surface area contributed by atoms with Crippen molar-refractivity contribution in [2.75, 3.05) is 39.3 Å². The van der Waals surface area contributed by atoms with Crippen LogP contribution in [0.5, 0.6) is 0 Å². The van der Waals surface area contributed by atoms with E-state index in [0.29, 0.717) is 32.2 Å². The second-order valence-electron chi connectivity index (χ2n) is 6.14. The molecule has 0 amide bonds. The SMILES string of the molecule is C[C@@H](c1ccccc1)N1CCN(S(=O)(=O)N2CCCC2)CC1. The fraction of sp³-hybridized carbons (Fsp3) is 0.625. The van der Waals surface area contributed by atoms with E-state index in [1.54, 1.807) is 8.61 Å². The predicted molar refractivity (Wildman–Crippen MR) is 87.7 cm³/mol. The molecule has 0 saturated carbocycles. The lowest BCUT2D eigenvalue weighted by Crippen LogP contribution is -2.52. The molecule has 0 bridgehead atoms. The minimum Gasteiger partial charge on any atom is -0.294 e. The van der Waals surface area contributed by atoms with E-state index < -0.39 is 10.2 Å². The van der Waals surface area contributed by atoms with Crippen molar-refractivity contribution in [2.24, 2.45) is 0 Å². The van der Waals surface area contributed by atoms with Crippen LogP contribution in [0.25, 0.3) is 0 Å². The van der Waals surface area contributed by atoms with Crippen molar-refractivity contribution >= 4 is 10.2 Å². The fourth-order valence-corrected chi connectivity index (χ4v) is 5.02. The molecule has 3 rings (SSSR count). The van der Waals surface area contributed by atoms with Crippen LogP contribution >= 0.6 is 0 Å². The second kappa shape index (κ2) is 6.66. The third-order valence-electron chi connectivity index (χ3n) is 4.82. The van der Waals surface area contributed by atoms with Gasteiger partial charge in [0, 0.05) is 45.3 Å². The normalized spacial score (nSPS) is 23.7. The van der Waals surface area contributed by atoms with E-state index in [2.05, 4.69) is 36.1 Å². The van der Waals surface area contributed by atoms with E-state index in [9.17, 15) is 8.42 Å². The summed E-state index contributed by atoms with van der Waals surface area (Å²) in [5, 5.41) is 0. The molecule has 122 valence electrons. The van der Waals surface area contributed by atoms with Crippen molar-refractivity contribution < 1.29 is 8.42 Å². The maximum Gasteiger partial charge on any atom is 0.282 e. The van der Waals surface area contributed by atoms with Crippen LogP contribution in [0.1, 0.15) is 31.4 Å².